The number of sulfonamides is 1. The van der Waals surface area contributed by atoms with Crippen molar-refractivity contribution >= 4 is 10.0 Å². The second-order valence-corrected chi connectivity index (χ2v) is 6.41. The lowest BCUT2D eigenvalue weighted by molar-refractivity contribution is 0.311. The van der Waals surface area contributed by atoms with Crippen LogP contribution in [0.5, 0.6) is 0 Å². The Kier molecular flexibility index (Phi) is 4.35. The van der Waals surface area contributed by atoms with E-state index in [0.29, 0.717) is 24.2 Å². The summed E-state index contributed by atoms with van der Waals surface area (Å²) in [6.45, 7) is 1.13. The molecule has 1 heterocycles. The minimum Gasteiger partial charge on any atom is -0.313 e. The summed E-state index contributed by atoms with van der Waals surface area (Å²) in [5.41, 5.74) is 0.810. The van der Waals surface area contributed by atoms with Gasteiger partial charge in [0.25, 0.3) is 0 Å². The van der Waals surface area contributed by atoms with E-state index in [1.165, 1.54) is 4.31 Å². The lowest BCUT2D eigenvalue weighted by Gasteiger charge is -2.31. The number of hydrogen-bond donors (Lipinski definition) is 1. The van der Waals surface area contributed by atoms with Gasteiger partial charge in [0.15, 0.2) is 0 Å². The Morgan fingerprint density at radius 2 is 2.10 bits per heavy atom. The predicted molar refractivity (Wildman–Crippen MR) is 72.8 cm³/mol. The molecule has 0 radical (unpaired) electrons. The molecule has 1 unspecified atom stereocenters. The van der Waals surface area contributed by atoms with Gasteiger partial charge in [-0.15, -0.1) is 0 Å². The van der Waals surface area contributed by atoms with Crippen LogP contribution in [0.1, 0.15) is 11.1 Å². The fourth-order valence-electron chi connectivity index (χ4n) is 2.16. The molecule has 1 atom stereocenters. The molecule has 1 N–H and O–H groups in total. The monoisotopic (exact) mass is 290 g/mol. The first-order valence-electron chi connectivity index (χ1n) is 6.16. The van der Waals surface area contributed by atoms with Gasteiger partial charge in [-0.3, -0.25) is 0 Å². The van der Waals surface area contributed by atoms with E-state index in [1.54, 1.807) is 24.3 Å². The third kappa shape index (κ3) is 2.97. The van der Waals surface area contributed by atoms with Crippen molar-refractivity contribution in [1.82, 2.24) is 9.62 Å². The van der Waals surface area contributed by atoms with Crippen LogP contribution in [-0.2, 0) is 15.8 Å². The smallest absolute Gasteiger partial charge is 0.219 e. The molecule has 1 aliphatic heterocycles. The summed E-state index contributed by atoms with van der Waals surface area (Å²) in [5, 5.41) is 21.0. The zero-order valence-corrected chi connectivity index (χ0v) is 11.6. The molecule has 0 spiro atoms. The molecule has 0 aliphatic carbocycles. The maximum atomic E-state index is 12.4. The molecule has 1 aromatic rings. The van der Waals surface area contributed by atoms with Gasteiger partial charge in [0.05, 0.1) is 23.5 Å². The van der Waals surface area contributed by atoms with Gasteiger partial charge in [-0.05, 0) is 11.6 Å². The van der Waals surface area contributed by atoms with Gasteiger partial charge >= 0.3 is 0 Å². The summed E-state index contributed by atoms with van der Waals surface area (Å²) in [6, 6.07) is 9.89. The molecule has 1 saturated heterocycles. The Bertz CT molecular complexity index is 672. The average molecular weight is 290 g/mol. The fourth-order valence-corrected chi connectivity index (χ4v) is 3.85. The molecule has 7 heteroatoms. The second-order valence-electron chi connectivity index (χ2n) is 4.48. The van der Waals surface area contributed by atoms with Gasteiger partial charge in [0.2, 0.25) is 10.0 Å². The molecular formula is C13H14N4O2S. The Balaban J connectivity index is 2.27. The van der Waals surface area contributed by atoms with E-state index < -0.39 is 16.1 Å². The van der Waals surface area contributed by atoms with Crippen LogP contribution in [0.15, 0.2) is 24.3 Å². The summed E-state index contributed by atoms with van der Waals surface area (Å²) in [5.74, 6) is -0.255. The first-order chi connectivity index (χ1) is 9.58. The molecule has 2 rings (SSSR count). The molecule has 0 amide bonds. The van der Waals surface area contributed by atoms with Crippen molar-refractivity contribution in [3.05, 3.63) is 35.4 Å². The van der Waals surface area contributed by atoms with Crippen molar-refractivity contribution in [2.24, 2.45) is 0 Å². The Morgan fingerprint density at radius 3 is 2.80 bits per heavy atom. The fraction of sp³-hybridized carbons (Fsp3) is 0.385. The summed E-state index contributed by atoms with van der Waals surface area (Å²) in [6.07, 6.45) is 0. The SMILES string of the molecule is N#Cc1ccccc1CS(=O)(=O)N1CCNCC1C#N. The van der Waals surface area contributed by atoms with Crippen LogP contribution in [0.2, 0.25) is 0 Å². The Labute approximate surface area is 118 Å². The van der Waals surface area contributed by atoms with Gasteiger partial charge in [-0.1, -0.05) is 18.2 Å². The summed E-state index contributed by atoms with van der Waals surface area (Å²) in [7, 11) is -3.61. The second kappa shape index (κ2) is 6.02. The Morgan fingerprint density at radius 1 is 1.35 bits per heavy atom. The highest BCUT2D eigenvalue weighted by Crippen LogP contribution is 2.17. The first-order valence-corrected chi connectivity index (χ1v) is 7.77. The molecular weight excluding hydrogens is 276 g/mol. The highest BCUT2D eigenvalue weighted by Gasteiger charge is 2.32. The van der Waals surface area contributed by atoms with E-state index in [0.717, 1.165) is 0 Å². The number of rotatable bonds is 3. The summed E-state index contributed by atoms with van der Waals surface area (Å²) < 4.78 is 26.1. The molecule has 104 valence electrons. The van der Waals surface area contributed by atoms with Gasteiger partial charge in [0.1, 0.15) is 6.04 Å². The quantitative estimate of drug-likeness (QED) is 0.856. The van der Waals surface area contributed by atoms with E-state index in [1.807, 2.05) is 12.1 Å². The number of hydrogen-bond acceptors (Lipinski definition) is 5. The summed E-state index contributed by atoms with van der Waals surface area (Å²) in [4.78, 5) is 0. The maximum absolute atomic E-state index is 12.4. The zero-order valence-electron chi connectivity index (χ0n) is 10.8. The van der Waals surface area contributed by atoms with Crippen molar-refractivity contribution in [2.45, 2.75) is 11.8 Å². The Hall–Kier alpha value is -1.93. The number of nitrogens with zero attached hydrogens (tertiary/aromatic N) is 3. The van der Waals surface area contributed by atoms with Crippen molar-refractivity contribution in [3.8, 4) is 12.1 Å². The first kappa shape index (κ1) is 14.5. The highest BCUT2D eigenvalue weighted by molar-refractivity contribution is 7.88. The van der Waals surface area contributed by atoms with E-state index in [2.05, 4.69) is 5.32 Å². The third-order valence-electron chi connectivity index (χ3n) is 3.18. The highest BCUT2D eigenvalue weighted by atomic mass is 32.2. The molecule has 1 fully saturated rings. The van der Waals surface area contributed by atoms with Crippen LogP contribution in [0.4, 0.5) is 0 Å². The topological polar surface area (TPSA) is 97.0 Å². The maximum Gasteiger partial charge on any atom is 0.219 e. The third-order valence-corrected chi connectivity index (χ3v) is 5.00. The largest absolute Gasteiger partial charge is 0.313 e. The normalized spacial score (nSPS) is 20.0. The molecule has 0 saturated carbocycles. The number of benzene rings is 1. The molecule has 6 nitrogen and oxygen atoms in total. The zero-order chi connectivity index (χ0) is 14.6. The summed E-state index contributed by atoms with van der Waals surface area (Å²) >= 11 is 0. The van der Waals surface area contributed by atoms with E-state index in [-0.39, 0.29) is 12.3 Å². The van der Waals surface area contributed by atoms with Crippen molar-refractivity contribution < 1.29 is 8.42 Å². The van der Waals surface area contributed by atoms with Crippen LogP contribution < -0.4 is 5.32 Å². The molecule has 0 bridgehead atoms. The minimum atomic E-state index is -3.61. The van der Waals surface area contributed by atoms with Crippen molar-refractivity contribution in [1.29, 1.82) is 10.5 Å². The predicted octanol–water partition coefficient (Wildman–Crippen LogP) is 0.185. The van der Waals surface area contributed by atoms with E-state index >= 15 is 0 Å². The van der Waals surface area contributed by atoms with E-state index in [9.17, 15) is 8.42 Å². The lowest BCUT2D eigenvalue weighted by Crippen LogP contribution is -2.53. The number of piperazine rings is 1. The molecule has 0 aromatic heterocycles. The van der Waals surface area contributed by atoms with Crippen LogP contribution in [0.3, 0.4) is 0 Å². The van der Waals surface area contributed by atoms with Crippen LogP contribution in [-0.4, -0.2) is 38.4 Å². The number of nitriles is 2. The molecule has 20 heavy (non-hydrogen) atoms. The lowest BCUT2D eigenvalue weighted by atomic mass is 10.1. The molecule has 1 aliphatic rings. The van der Waals surface area contributed by atoms with Gasteiger partial charge in [0, 0.05) is 19.6 Å². The molecule has 1 aromatic carbocycles. The van der Waals surface area contributed by atoms with Crippen molar-refractivity contribution in [3.63, 3.8) is 0 Å². The van der Waals surface area contributed by atoms with Gasteiger partial charge in [-0.2, -0.15) is 14.8 Å². The van der Waals surface area contributed by atoms with Gasteiger partial charge in [-0.25, -0.2) is 8.42 Å². The standard InChI is InChI=1S/C13H14N4O2S/c14-7-11-3-1-2-4-12(11)10-20(18,19)17-6-5-16-9-13(17)8-15/h1-4,13,16H,5-6,9-10H2. The van der Waals surface area contributed by atoms with Crippen molar-refractivity contribution in [2.75, 3.05) is 19.6 Å². The van der Waals surface area contributed by atoms with Gasteiger partial charge < -0.3 is 5.32 Å². The average Bonchev–Trinajstić information content (AvgIpc) is 2.47. The minimum absolute atomic E-state index is 0.255. The van der Waals surface area contributed by atoms with Crippen LogP contribution in [0.25, 0.3) is 0 Å². The van der Waals surface area contributed by atoms with Crippen LogP contribution in [0, 0.1) is 22.7 Å². The number of nitrogens with one attached hydrogen (secondary N) is 1. The van der Waals surface area contributed by atoms with E-state index in [4.69, 9.17) is 10.5 Å². The van der Waals surface area contributed by atoms with Crippen LogP contribution >= 0.6 is 0 Å².